The molecule has 1 aliphatic heterocycles. The molecular formula is C12H23N3O4. The lowest BCUT2D eigenvalue weighted by atomic mass is 9.72. The molecule has 2 aliphatic rings. The highest BCUT2D eigenvalue weighted by Gasteiger charge is 2.32. The lowest BCUT2D eigenvalue weighted by Crippen LogP contribution is -2.34. The first-order chi connectivity index (χ1) is 8.99. The second-order valence-electron chi connectivity index (χ2n) is 5.22. The molecule has 2 fully saturated rings. The third-order valence-corrected chi connectivity index (χ3v) is 3.65. The van der Waals surface area contributed by atoms with Crippen LogP contribution in [0.1, 0.15) is 38.5 Å². The Labute approximate surface area is 112 Å². The molecule has 2 rings (SSSR count). The Hall–Kier alpha value is -1.18. The van der Waals surface area contributed by atoms with Crippen molar-refractivity contribution < 1.29 is 19.5 Å². The minimum atomic E-state index is -0.706. The number of hydrogen-bond donors (Lipinski definition) is 4. The van der Waals surface area contributed by atoms with Crippen molar-refractivity contribution in [3.63, 3.8) is 0 Å². The molecule has 0 aromatic rings. The van der Waals surface area contributed by atoms with Gasteiger partial charge in [0.2, 0.25) is 0 Å². The molecular weight excluding hydrogens is 250 g/mol. The summed E-state index contributed by atoms with van der Waals surface area (Å²) in [6.07, 6.45) is 5.77. The molecule has 0 radical (unpaired) electrons. The second kappa shape index (κ2) is 7.42. The Bertz CT molecular complexity index is 316. The molecule has 1 heterocycles. The number of hydroxylamine groups is 1. The van der Waals surface area contributed by atoms with E-state index in [-0.39, 0.29) is 17.7 Å². The number of carbonyl (C=O) groups is 2. The zero-order valence-electron chi connectivity index (χ0n) is 11.1. The monoisotopic (exact) mass is 273 g/mol. The smallest absolute Gasteiger partial charge is 0.303 e. The van der Waals surface area contributed by atoms with E-state index in [4.69, 9.17) is 16.6 Å². The lowest BCUT2D eigenvalue weighted by molar-refractivity contribution is -0.140. The molecule has 1 atom stereocenters. The number of nitrogens with one attached hydrogen (secondary N) is 1. The van der Waals surface area contributed by atoms with Gasteiger partial charge in [-0.2, -0.15) is 0 Å². The molecule has 1 aliphatic carbocycles. The molecule has 1 unspecified atom stereocenters. The van der Waals surface area contributed by atoms with Crippen LogP contribution in [0.4, 0.5) is 0 Å². The summed E-state index contributed by atoms with van der Waals surface area (Å²) >= 11 is 0. The van der Waals surface area contributed by atoms with Crippen molar-refractivity contribution in [2.75, 3.05) is 13.2 Å². The molecule has 0 aromatic heterocycles. The van der Waals surface area contributed by atoms with Crippen LogP contribution < -0.4 is 16.9 Å². The molecule has 1 amide bonds. The Kier molecular flexibility index (Phi) is 6.20. The van der Waals surface area contributed by atoms with Crippen LogP contribution in [0, 0.1) is 5.41 Å². The second-order valence-corrected chi connectivity index (χ2v) is 5.22. The first-order valence-electron chi connectivity index (χ1n) is 6.58. The third kappa shape index (κ3) is 5.14. The highest BCUT2D eigenvalue weighted by atomic mass is 16.7. The number of amides is 1. The summed E-state index contributed by atoms with van der Waals surface area (Å²) in [5, 5.41) is 8.71. The summed E-state index contributed by atoms with van der Waals surface area (Å²) in [4.78, 5) is 25.2. The predicted molar refractivity (Wildman–Crippen MR) is 68.9 cm³/mol. The number of aliphatic carboxylic acids is 1. The normalized spacial score (nSPS) is 25.2. The zero-order valence-corrected chi connectivity index (χ0v) is 11.1. The van der Waals surface area contributed by atoms with Crippen molar-refractivity contribution in [3.05, 3.63) is 0 Å². The number of carboxylic acids is 1. The fraction of sp³-hybridized carbons (Fsp3) is 0.833. The van der Waals surface area contributed by atoms with E-state index in [1.165, 1.54) is 6.42 Å². The summed E-state index contributed by atoms with van der Waals surface area (Å²) in [7, 11) is 0. The molecule has 7 heteroatoms. The van der Waals surface area contributed by atoms with Gasteiger partial charge >= 0.3 is 5.97 Å². The number of hydrogen-bond acceptors (Lipinski definition) is 5. The van der Waals surface area contributed by atoms with Gasteiger partial charge in [-0.1, -0.05) is 19.3 Å². The number of carboxylic acid groups (broad SMARTS) is 1. The largest absolute Gasteiger partial charge is 0.481 e. The van der Waals surface area contributed by atoms with Gasteiger partial charge < -0.3 is 16.6 Å². The molecule has 0 bridgehead atoms. The summed E-state index contributed by atoms with van der Waals surface area (Å²) < 4.78 is 0. The quantitative estimate of drug-likeness (QED) is 0.561. The van der Waals surface area contributed by atoms with Crippen LogP contribution in [0.2, 0.25) is 0 Å². The summed E-state index contributed by atoms with van der Waals surface area (Å²) in [6, 6.07) is -0.458. The fourth-order valence-corrected chi connectivity index (χ4v) is 2.43. The van der Waals surface area contributed by atoms with Crippen molar-refractivity contribution in [3.8, 4) is 0 Å². The summed E-state index contributed by atoms with van der Waals surface area (Å²) in [5.41, 5.74) is 12.8. The van der Waals surface area contributed by atoms with Crippen molar-refractivity contribution in [1.82, 2.24) is 5.48 Å². The average Bonchev–Trinajstić information content (AvgIpc) is 2.75. The number of rotatable bonds is 3. The van der Waals surface area contributed by atoms with E-state index < -0.39 is 12.0 Å². The number of carbonyl (C=O) groups excluding carboxylic acids is 1. The zero-order chi connectivity index (χ0) is 14.3. The fourth-order valence-electron chi connectivity index (χ4n) is 2.43. The van der Waals surface area contributed by atoms with Crippen LogP contribution in [0.3, 0.4) is 0 Å². The first-order valence-corrected chi connectivity index (χ1v) is 6.58. The Morgan fingerprint density at radius 2 is 2.05 bits per heavy atom. The molecule has 1 saturated carbocycles. The molecule has 1 saturated heterocycles. The van der Waals surface area contributed by atoms with Gasteiger partial charge in [-0.05, 0) is 24.8 Å². The molecule has 6 N–H and O–H groups in total. The van der Waals surface area contributed by atoms with Crippen molar-refractivity contribution in [2.45, 2.75) is 44.6 Å². The van der Waals surface area contributed by atoms with Gasteiger partial charge in [0, 0.05) is 0 Å². The van der Waals surface area contributed by atoms with Gasteiger partial charge in [0.25, 0.3) is 5.91 Å². The Morgan fingerprint density at radius 1 is 1.42 bits per heavy atom. The van der Waals surface area contributed by atoms with Gasteiger partial charge in [-0.25, -0.2) is 5.48 Å². The van der Waals surface area contributed by atoms with Crippen LogP contribution in [0.5, 0.6) is 0 Å². The topological polar surface area (TPSA) is 128 Å². The van der Waals surface area contributed by atoms with Crippen LogP contribution in [-0.4, -0.2) is 36.2 Å². The van der Waals surface area contributed by atoms with Gasteiger partial charge in [0.15, 0.2) is 0 Å². The van der Waals surface area contributed by atoms with E-state index in [9.17, 15) is 9.59 Å². The van der Waals surface area contributed by atoms with E-state index in [1.54, 1.807) is 0 Å². The van der Waals surface area contributed by atoms with Gasteiger partial charge in [0.1, 0.15) is 6.04 Å². The molecule has 7 nitrogen and oxygen atoms in total. The maximum atomic E-state index is 10.6. The average molecular weight is 273 g/mol. The van der Waals surface area contributed by atoms with Crippen LogP contribution in [0.25, 0.3) is 0 Å². The van der Waals surface area contributed by atoms with Crippen LogP contribution >= 0.6 is 0 Å². The van der Waals surface area contributed by atoms with Crippen LogP contribution in [0.15, 0.2) is 0 Å². The van der Waals surface area contributed by atoms with Crippen molar-refractivity contribution in [2.24, 2.45) is 16.9 Å². The van der Waals surface area contributed by atoms with E-state index in [0.717, 1.165) is 25.7 Å². The summed E-state index contributed by atoms with van der Waals surface area (Å²) in [6.45, 7) is 0.818. The standard InChI is InChI=1S/C9H17NO2.C3H6N2O2/c10-7-9(6-8(11)12)4-2-1-3-5-9;4-2-1-7-5-3(2)6/h1-7,10H2,(H,11,12);2H,1,4H2,(H,5,6). The predicted octanol–water partition coefficient (Wildman–Crippen LogP) is -0.255. The lowest BCUT2D eigenvalue weighted by Gasteiger charge is -2.34. The van der Waals surface area contributed by atoms with E-state index in [0.29, 0.717) is 13.2 Å². The Morgan fingerprint density at radius 3 is 2.37 bits per heavy atom. The molecule has 0 aromatic carbocycles. The third-order valence-electron chi connectivity index (χ3n) is 3.65. The minimum absolute atomic E-state index is 0.0793. The summed E-state index contributed by atoms with van der Waals surface area (Å²) in [5.74, 6) is -0.942. The van der Waals surface area contributed by atoms with Crippen LogP contribution in [-0.2, 0) is 14.4 Å². The molecule has 19 heavy (non-hydrogen) atoms. The maximum Gasteiger partial charge on any atom is 0.303 e. The SMILES string of the molecule is NC1CONC1=O.NCC1(CC(=O)O)CCCCC1. The van der Waals surface area contributed by atoms with E-state index in [1.807, 2.05) is 0 Å². The highest BCUT2D eigenvalue weighted by Crippen LogP contribution is 2.38. The van der Waals surface area contributed by atoms with Gasteiger partial charge in [-0.3, -0.25) is 14.4 Å². The maximum absolute atomic E-state index is 10.6. The molecule has 0 spiro atoms. The number of nitrogens with two attached hydrogens (primary N) is 2. The van der Waals surface area contributed by atoms with E-state index >= 15 is 0 Å². The van der Waals surface area contributed by atoms with Crippen molar-refractivity contribution in [1.29, 1.82) is 0 Å². The van der Waals surface area contributed by atoms with Gasteiger partial charge in [0.05, 0.1) is 13.0 Å². The van der Waals surface area contributed by atoms with Crippen molar-refractivity contribution >= 4 is 11.9 Å². The molecule has 110 valence electrons. The Balaban J connectivity index is 0.000000218. The van der Waals surface area contributed by atoms with E-state index in [2.05, 4.69) is 10.3 Å². The highest BCUT2D eigenvalue weighted by molar-refractivity contribution is 5.81. The van der Waals surface area contributed by atoms with Gasteiger partial charge in [-0.15, -0.1) is 0 Å². The minimum Gasteiger partial charge on any atom is -0.481 e. The first kappa shape index (κ1) is 15.9.